The Hall–Kier alpha value is -2.24. The summed E-state index contributed by atoms with van der Waals surface area (Å²) in [6.07, 6.45) is 0. The van der Waals surface area contributed by atoms with Gasteiger partial charge in [0.25, 0.3) is 0 Å². The van der Waals surface area contributed by atoms with E-state index in [-0.39, 0.29) is 17.3 Å². The fourth-order valence-electron chi connectivity index (χ4n) is 2.99. The van der Waals surface area contributed by atoms with Crippen molar-refractivity contribution in [3.05, 3.63) is 23.2 Å². The Morgan fingerprint density at radius 2 is 1.96 bits per heavy atom. The molecular formula is C15H22N6O4S. The number of rotatable bonds is 5. The van der Waals surface area contributed by atoms with Gasteiger partial charge >= 0.3 is 0 Å². The van der Waals surface area contributed by atoms with Gasteiger partial charge in [-0.3, -0.25) is 14.8 Å². The molecule has 1 aliphatic rings. The van der Waals surface area contributed by atoms with Crippen LogP contribution in [0.4, 0.5) is 5.82 Å². The summed E-state index contributed by atoms with van der Waals surface area (Å²) in [5.74, 6) is 0.778. The zero-order valence-corrected chi connectivity index (χ0v) is 15.8. The molecule has 0 bridgehead atoms. The van der Waals surface area contributed by atoms with Crippen molar-refractivity contribution in [3.8, 4) is 0 Å². The van der Waals surface area contributed by atoms with Gasteiger partial charge in [0.05, 0.1) is 17.9 Å². The molecule has 1 aliphatic heterocycles. The first-order chi connectivity index (χ1) is 12.3. The first-order valence-electron chi connectivity index (χ1n) is 8.24. The number of anilines is 1. The molecule has 0 radical (unpaired) electrons. The van der Waals surface area contributed by atoms with Gasteiger partial charge < -0.3 is 9.84 Å². The Morgan fingerprint density at radius 1 is 1.27 bits per heavy atom. The maximum Gasteiger partial charge on any atom is 0.246 e. The van der Waals surface area contributed by atoms with E-state index in [1.54, 1.807) is 26.8 Å². The maximum absolute atomic E-state index is 12.8. The SMILES string of the molecule is Cc1cc(NC(=O)CN2CCN(S(=O)(=O)c3c(C)n[nH]c3C)CC2)no1. The van der Waals surface area contributed by atoms with Gasteiger partial charge in [-0.15, -0.1) is 0 Å². The minimum atomic E-state index is -3.59. The molecule has 0 spiro atoms. The molecule has 142 valence electrons. The number of hydrogen-bond acceptors (Lipinski definition) is 7. The van der Waals surface area contributed by atoms with Crippen LogP contribution < -0.4 is 5.32 Å². The highest BCUT2D eigenvalue weighted by molar-refractivity contribution is 7.89. The summed E-state index contributed by atoms with van der Waals surface area (Å²) < 4.78 is 32.0. The molecule has 0 atom stereocenters. The third-order valence-electron chi connectivity index (χ3n) is 4.25. The maximum atomic E-state index is 12.8. The van der Waals surface area contributed by atoms with Crippen molar-refractivity contribution in [2.45, 2.75) is 25.7 Å². The van der Waals surface area contributed by atoms with Gasteiger partial charge in [0.1, 0.15) is 10.7 Å². The Labute approximate surface area is 151 Å². The van der Waals surface area contributed by atoms with Crippen LogP contribution in [-0.2, 0) is 14.8 Å². The van der Waals surface area contributed by atoms with Crippen LogP contribution in [0.15, 0.2) is 15.5 Å². The van der Waals surface area contributed by atoms with Crippen LogP contribution in [0.2, 0.25) is 0 Å². The number of amides is 1. The van der Waals surface area contributed by atoms with Gasteiger partial charge in [-0.2, -0.15) is 9.40 Å². The zero-order valence-electron chi connectivity index (χ0n) is 14.9. The molecule has 0 aliphatic carbocycles. The highest BCUT2D eigenvalue weighted by Crippen LogP contribution is 2.22. The molecule has 3 rings (SSSR count). The third-order valence-corrected chi connectivity index (χ3v) is 6.41. The van der Waals surface area contributed by atoms with Crippen LogP contribution in [-0.4, -0.2) is 71.6 Å². The minimum Gasteiger partial charge on any atom is -0.360 e. The van der Waals surface area contributed by atoms with E-state index in [1.807, 2.05) is 4.90 Å². The highest BCUT2D eigenvalue weighted by atomic mass is 32.2. The number of aromatic amines is 1. The van der Waals surface area contributed by atoms with Crippen molar-refractivity contribution in [3.63, 3.8) is 0 Å². The lowest BCUT2D eigenvalue weighted by molar-refractivity contribution is -0.117. The molecule has 26 heavy (non-hydrogen) atoms. The van der Waals surface area contributed by atoms with E-state index < -0.39 is 10.0 Å². The number of hydrogen-bond donors (Lipinski definition) is 2. The average Bonchev–Trinajstić information content (AvgIpc) is 3.13. The average molecular weight is 382 g/mol. The highest BCUT2D eigenvalue weighted by Gasteiger charge is 2.32. The Kier molecular flexibility index (Phi) is 5.12. The molecule has 2 N–H and O–H groups in total. The molecule has 3 heterocycles. The van der Waals surface area contributed by atoms with Gasteiger partial charge in [-0.05, 0) is 20.8 Å². The molecule has 10 nitrogen and oxygen atoms in total. The van der Waals surface area contributed by atoms with Crippen LogP contribution in [0.3, 0.4) is 0 Å². The fraction of sp³-hybridized carbons (Fsp3) is 0.533. The minimum absolute atomic E-state index is 0.170. The summed E-state index contributed by atoms with van der Waals surface area (Å²) in [5, 5.41) is 13.0. The lowest BCUT2D eigenvalue weighted by Crippen LogP contribution is -2.50. The molecule has 2 aromatic rings. The predicted molar refractivity (Wildman–Crippen MR) is 93.1 cm³/mol. The molecule has 1 fully saturated rings. The van der Waals surface area contributed by atoms with Gasteiger partial charge in [0, 0.05) is 32.2 Å². The van der Waals surface area contributed by atoms with Crippen molar-refractivity contribution >= 4 is 21.7 Å². The van der Waals surface area contributed by atoms with Crippen molar-refractivity contribution in [2.24, 2.45) is 0 Å². The van der Waals surface area contributed by atoms with E-state index in [4.69, 9.17) is 4.52 Å². The molecule has 0 aromatic carbocycles. The van der Waals surface area contributed by atoms with E-state index in [9.17, 15) is 13.2 Å². The van der Waals surface area contributed by atoms with E-state index in [0.29, 0.717) is 49.1 Å². The molecule has 0 saturated carbocycles. The number of H-pyrrole nitrogens is 1. The number of aryl methyl sites for hydroxylation is 3. The van der Waals surface area contributed by atoms with Gasteiger partial charge in [-0.1, -0.05) is 5.16 Å². The summed E-state index contributed by atoms with van der Waals surface area (Å²) >= 11 is 0. The van der Waals surface area contributed by atoms with Crippen LogP contribution in [0.25, 0.3) is 0 Å². The molecule has 11 heteroatoms. The zero-order chi connectivity index (χ0) is 18.9. The van der Waals surface area contributed by atoms with Gasteiger partial charge in [0.2, 0.25) is 15.9 Å². The Bertz CT molecular complexity index is 876. The smallest absolute Gasteiger partial charge is 0.246 e. The fourth-order valence-corrected chi connectivity index (χ4v) is 4.74. The number of carbonyl (C=O) groups is 1. The van der Waals surface area contributed by atoms with Crippen molar-refractivity contribution < 1.29 is 17.7 Å². The van der Waals surface area contributed by atoms with Crippen LogP contribution in [0.1, 0.15) is 17.1 Å². The van der Waals surface area contributed by atoms with E-state index >= 15 is 0 Å². The summed E-state index contributed by atoms with van der Waals surface area (Å²) in [6, 6.07) is 1.64. The van der Waals surface area contributed by atoms with Crippen molar-refractivity contribution in [1.29, 1.82) is 0 Å². The second kappa shape index (κ2) is 7.17. The number of nitrogens with zero attached hydrogens (tertiary/aromatic N) is 4. The summed E-state index contributed by atoms with van der Waals surface area (Å²) in [5.41, 5.74) is 0.999. The molecule has 0 unspecified atom stereocenters. The second-order valence-corrected chi connectivity index (χ2v) is 8.19. The number of piperazine rings is 1. The number of sulfonamides is 1. The Balaban J connectivity index is 1.56. The summed E-state index contributed by atoms with van der Waals surface area (Å²) in [7, 11) is -3.59. The van der Waals surface area contributed by atoms with Crippen LogP contribution in [0.5, 0.6) is 0 Å². The molecular weight excluding hydrogens is 360 g/mol. The van der Waals surface area contributed by atoms with E-state index in [2.05, 4.69) is 20.7 Å². The molecule has 1 amide bonds. The van der Waals surface area contributed by atoms with Crippen LogP contribution >= 0.6 is 0 Å². The quantitative estimate of drug-likeness (QED) is 0.760. The Morgan fingerprint density at radius 3 is 2.50 bits per heavy atom. The topological polar surface area (TPSA) is 124 Å². The summed E-state index contributed by atoms with van der Waals surface area (Å²) in [4.78, 5) is 14.2. The number of carbonyl (C=O) groups excluding carboxylic acids is 1. The number of aromatic nitrogens is 3. The monoisotopic (exact) mass is 382 g/mol. The lowest BCUT2D eigenvalue weighted by atomic mass is 10.3. The number of nitrogens with one attached hydrogen (secondary N) is 2. The molecule has 1 saturated heterocycles. The van der Waals surface area contributed by atoms with Crippen molar-refractivity contribution in [1.82, 2.24) is 24.6 Å². The lowest BCUT2D eigenvalue weighted by Gasteiger charge is -2.33. The summed E-state index contributed by atoms with van der Waals surface area (Å²) in [6.45, 7) is 6.86. The predicted octanol–water partition coefficient (Wildman–Crippen LogP) is 0.268. The molecule has 2 aromatic heterocycles. The van der Waals surface area contributed by atoms with E-state index in [1.165, 1.54) is 4.31 Å². The van der Waals surface area contributed by atoms with Crippen LogP contribution in [0, 0.1) is 20.8 Å². The largest absolute Gasteiger partial charge is 0.360 e. The van der Waals surface area contributed by atoms with Gasteiger partial charge in [-0.25, -0.2) is 8.42 Å². The first-order valence-corrected chi connectivity index (χ1v) is 9.68. The first kappa shape index (κ1) is 18.5. The normalized spacial score (nSPS) is 16.7. The van der Waals surface area contributed by atoms with E-state index in [0.717, 1.165) is 0 Å². The standard InChI is InChI=1S/C15H22N6O4S/c1-10-8-13(19-25-10)16-14(22)9-20-4-6-21(7-5-20)26(23,24)15-11(2)17-18-12(15)3/h8H,4-7,9H2,1-3H3,(H,17,18)(H,16,19,22). The van der Waals surface area contributed by atoms with Gasteiger partial charge in [0.15, 0.2) is 5.82 Å². The van der Waals surface area contributed by atoms with Crippen molar-refractivity contribution in [2.75, 3.05) is 38.0 Å². The third kappa shape index (κ3) is 3.79. The second-order valence-electron chi connectivity index (χ2n) is 6.31.